The van der Waals surface area contributed by atoms with Crippen LogP contribution < -0.4 is 0 Å². The average Bonchev–Trinajstić information content (AvgIpc) is 2.64. The van der Waals surface area contributed by atoms with Gasteiger partial charge in [-0.1, -0.05) is 42.8 Å². The molecular formula is C23H30FNO. The molecule has 1 fully saturated rings. The molecule has 0 aromatic heterocycles. The number of likely N-dealkylation sites (tertiary alicyclic amines) is 1. The molecule has 0 bridgehead atoms. The molecule has 0 spiro atoms. The van der Waals surface area contributed by atoms with Crippen molar-refractivity contribution in [3.05, 3.63) is 70.5 Å². The zero-order chi connectivity index (χ0) is 18.4. The normalized spacial score (nSPS) is 16.6. The molecular weight excluding hydrogens is 325 g/mol. The maximum absolute atomic E-state index is 13.8. The minimum atomic E-state index is -0.188. The van der Waals surface area contributed by atoms with Crippen molar-refractivity contribution in [2.24, 2.45) is 0 Å². The molecule has 2 nitrogen and oxygen atoms in total. The lowest BCUT2D eigenvalue weighted by atomic mass is 9.90. The van der Waals surface area contributed by atoms with E-state index in [0.29, 0.717) is 24.7 Å². The van der Waals surface area contributed by atoms with Crippen molar-refractivity contribution in [1.29, 1.82) is 0 Å². The van der Waals surface area contributed by atoms with Crippen LogP contribution in [0.25, 0.3) is 0 Å². The van der Waals surface area contributed by atoms with E-state index in [0.717, 1.165) is 6.54 Å². The minimum Gasteiger partial charge on any atom is -0.376 e. The maximum atomic E-state index is 13.8. The Morgan fingerprint density at radius 3 is 2.35 bits per heavy atom. The summed E-state index contributed by atoms with van der Waals surface area (Å²) in [5.74, 6) is 0.133. The quantitative estimate of drug-likeness (QED) is 0.674. The third-order valence-electron chi connectivity index (χ3n) is 5.41. The van der Waals surface area contributed by atoms with E-state index < -0.39 is 0 Å². The topological polar surface area (TPSA) is 12.5 Å². The Bertz CT molecular complexity index is 689. The predicted octanol–water partition coefficient (Wildman–Crippen LogP) is 5.23. The Balaban J connectivity index is 1.71. The van der Waals surface area contributed by atoms with E-state index in [1.54, 1.807) is 12.1 Å². The van der Waals surface area contributed by atoms with Gasteiger partial charge >= 0.3 is 0 Å². The van der Waals surface area contributed by atoms with Gasteiger partial charge in [-0.2, -0.15) is 0 Å². The van der Waals surface area contributed by atoms with E-state index in [4.69, 9.17) is 4.74 Å². The van der Waals surface area contributed by atoms with Crippen molar-refractivity contribution in [2.45, 2.75) is 45.6 Å². The van der Waals surface area contributed by atoms with Gasteiger partial charge in [-0.05, 0) is 62.5 Å². The average molecular weight is 355 g/mol. The Kier molecular flexibility index (Phi) is 6.81. The van der Waals surface area contributed by atoms with Crippen molar-refractivity contribution in [2.75, 3.05) is 26.2 Å². The van der Waals surface area contributed by atoms with Gasteiger partial charge in [0, 0.05) is 18.0 Å². The van der Waals surface area contributed by atoms with Crippen molar-refractivity contribution < 1.29 is 9.13 Å². The monoisotopic (exact) mass is 355 g/mol. The van der Waals surface area contributed by atoms with Crippen LogP contribution in [0.3, 0.4) is 0 Å². The first-order valence-corrected chi connectivity index (χ1v) is 9.75. The van der Waals surface area contributed by atoms with Gasteiger partial charge in [-0.25, -0.2) is 4.39 Å². The number of ether oxygens (including phenoxy) is 1. The number of halogens is 1. The van der Waals surface area contributed by atoms with E-state index in [2.05, 4.69) is 36.9 Å². The molecule has 0 radical (unpaired) electrons. The summed E-state index contributed by atoms with van der Waals surface area (Å²) in [6, 6.07) is 13.4. The second-order valence-corrected chi connectivity index (χ2v) is 7.47. The van der Waals surface area contributed by atoms with Crippen molar-refractivity contribution in [3.63, 3.8) is 0 Å². The number of aryl methyl sites for hydroxylation is 2. The number of benzene rings is 2. The maximum Gasteiger partial charge on any atom is 0.128 e. The second-order valence-electron chi connectivity index (χ2n) is 7.47. The highest BCUT2D eigenvalue weighted by molar-refractivity contribution is 5.37. The summed E-state index contributed by atoms with van der Waals surface area (Å²) in [5, 5.41) is 0. The van der Waals surface area contributed by atoms with Crippen LogP contribution in [0.15, 0.2) is 42.5 Å². The van der Waals surface area contributed by atoms with Gasteiger partial charge in [0.1, 0.15) is 5.82 Å². The highest BCUT2D eigenvalue weighted by Crippen LogP contribution is 2.27. The Hall–Kier alpha value is -1.71. The van der Waals surface area contributed by atoms with Gasteiger partial charge in [-0.15, -0.1) is 0 Å². The minimum absolute atomic E-state index is 0.188. The zero-order valence-electron chi connectivity index (χ0n) is 16.0. The molecule has 140 valence electrons. The standard InChI is InChI=1S/C23H30FNO/c1-18-9-8-10-19(2)23(18)21(15-25-13-6-3-7-14-25)17-26-16-20-11-4-5-12-22(20)24/h4-5,8-12,21H,3,6-7,13-17H2,1-2H3. The van der Waals surface area contributed by atoms with Crippen LogP contribution >= 0.6 is 0 Å². The zero-order valence-corrected chi connectivity index (χ0v) is 16.0. The summed E-state index contributed by atoms with van der Waals surface area (Å²) in [4.78, 5) is 2.56. The lowest BCUT2D eigenvalue weighted by Crippen LogP contribution is -2.35. The van der Waals surface area contributed by atoms with E-state index in [-0.39, 0.29) is 5.82 Å². The first-order valence-electron chi connectivity index (χ1n) is 9.75. The van der Waals surface area contributed by atoms with Gasteiger partial charge in [0.05, 0.1) is 13.2 Å². The summed E-state index contributed by atoms with van der Waals surface area (Å²) in [7, 11) is 0. The van der Waals surface area contributed by atoms with E-state index in [9.17, 15) is 4.39 Å². The van der Waals surface area contributed by atoms with Crippen LogP contribution in [-0.4, -0.2) is 31.1 Å². The fraction of sp³-hybridized carbons (Fsp3) is 0.478. The fourth-order valence-corrected chi connectivity index (χ4v) is 4.08. The largest absolute Gasteiger partial charge is 0.376 e. The molecule has 1 heterocycles. The van der Waals surface area contributed by atoms with Gasteiger partial charge in [0.15, 0.2) is 0 Å². The smallest absolute Gasteiger partial charge is 0.128 e. The molecule has 0 saturated carbocycles. The number of hydrogen-bond donors (Lipinski definition) is 0. The molecule has 2 aromatic rings. The van der Waals surface area contributed by atoms with Crippen LogP contribution in [-0.2, 0) is 11.3 Å². The highest BCUT2D eigenvalue weighted by atomic mass is 19.1. The molecule has 0 amide bonds. The Labute approximate surface area is 157 Å². The van der Waals surface area contributed by atoms with Crippen LogP contribution in [0.5, 0.6) is 0 Å². The third kappa shape index (κ3) is 4.93. The first kappa shape index (κ1) is 19.1. The van der Waals surface area contributed by atoms with Gasteiger partial charge in [0.2, 0.25) is 0 Å². The second kappa shape index (κ2) is 9.29. The molecule has 1 saturated heterocycles. The van der Waals surface area contributed by atoms with E-state index in [1.807, 2.05) is 6.07 Å². The van der Waals surface area contributed by atoms with Crippen LogP contribution in [0.2, 0.25) is 0 Å². The molecule has 1 unspecified atom stereocenters. The number of piperidine rings is 1. The Morgan fingerprint density at radius 2 is 1.65 bits per heavy atom. The molecule has 3 heteroatoms. The molecule has 2 aromatic carbocycles. The predicted molar refractivity (Wildman–Crippen MR) is 105 cm³/mol. The Morgan fingerprint density at radius 1 is 0.962 bits per heavy atom. The number of hydrogen-bond acceptors (Lipinski definition) is 2. The summed E-state index contributed by atoms with van der Waals surface area (Å²) >= 11 is 0. The molecule has 26 heavy (non-hydrogen) atoms. The summed E-state index contributed by atoms with van der Waals surface area (Å²) < 4.78 is 19.9. The highest BCUT2D eigenvalue weighted by Gasteiger charge is 2.21. The molecule has 0 aliphatic carbocycles. The molecule has 3 rings (SSSR count). The lowest BCUT2D eigenvalue weighted by molar-refractivity contribution is 0.0884. The van der Waals surface area contributed by atoms with Crippen LogP contribution in [0.4, 0.5) is 4.39 Å². The summed E-state index contributed by atoms with van der Waals surface area (Å²) in [6.45, 7) is 8.68. The van der Waals surface area contributed by atoms with Crippen molar-refractivity contribution >= 4 is 0 Å². The lowest BCUT2D eigenvalue weighted by Gasteiger charge is -2.32. The molecule has 1 aliphatic rings. The molecule has 1 atom stereocenters. The number of rotatable bonds is 7. The van der Waals surface area contributed by atoms with Gasteiger partial charge in [-0.3, -0.25) is 0 Å². The van der Waals surface area contributed by atoms with Crippen LogP contribution in [0.1, 0.15) is 47.4 Å². The van der Waals surface area contributed by atoms with Gasteiger partial charge in [0.25, 0.3) is 0 Å². The van der Waals surface area contributed by atoms with Gasteiger partial charge < -0.3 is 9.64 Å². The van der Waals surface area contributed by atoms with Crippen molar-refractivity contribution in [1.82, 2.24) is 4.90 Å². The first-order chi connectivity index (χ1) is 12.6. The molecule has 0 N–H and O–H groups in total. The third-order valence-corrected chi connectivity index (χ3v) is 5.41. The van der Waals surface area contributed by atoms with E-state index in [1.165, 1.54) is 55.1 Å². The van der Waals surface area contributed by atoms with Crippen molar-refractivity contribution in [3.8, 4) is 0 Å². The molecule has 1 aliphatic heterocycles. The summed E-state index contributed by atoms with van der Waals surface area (Å²) in [6.07, 6.45) is 3.92. The van der Waals surface area contributed by atoms with E-state index >= 15 is 0 Å². The SMILES string of the molecule is Cc1cccc(C)c1C(COCc1ccccc1F)CN1CCCCC1. The summed E-state index contributed by atoms with van der Waals surface area (Å²) in [5.41, 5.74) is 4.67. The number of nitrogens with zero attached hydrogens (tertiary/aromatic N) is 1. The fourth-order valence-electron chi connectivity index (χ4n) is 4.08. The van der Waals surface area contributed by atoms with Crippen LogP contribution in [0, 0.1) is 19.7 Å².